The van der Waals surface area contributed by atoms with Crippen LogP contribution in [0.5, 0.6) is 0 Å². The minimum absolute atomic E-state index is 0.165. The molecule has 0 heterocycles. The zero-order valence-electron chi connectivity index (χ0n) is 6.92. The maximum atomic E-state index is 10.7. The molecular formula is C8H7ClO4S. The van der Waals surface area contributed by atoms with Crippen LogP contribution in [0.15, 0.2) is 24.3 Å². The van der Waals surface area contributed by atoms with Gasteiger partial charge in [0, 0.05) is 5.02 Å². The molecule has 1 aromatic carbocycles. The van der Waals surface area contributed by atoms with Gasteiger partial charge in [-0.2, -0.15) is 8.42 Å². The van der Waals surface area contributed by atoms with Crippen molar-refractivity contribution in [3.8, 4) is 0 Å². The second kappa shape index (κ2) is 4.08. The lowest BCUT2D eigenvalue weighted by molar-refractivity contribution is -0.107. The van der Waals surface area contributed by atoms with E-state index in [9.17, 15) is 13.2 Å². The lowest BCUT2D eigenvalue weighted by atomic mass is 10.2. The predicted molar refractivity (Wildman–Crippen MR) is 51.8 cm³/mol. The zero-order chi connectivity index (χ0) is 10.8. The van der Waals surface area contributed by atoms with Crippen LogP contribution >= 0.6 is 11.6 Å². The van der Waals surface area contributed by atoms with Gasteiger partial charge in [0.1, 0.15) is 6.29 Å². The maximum absolute atomic E-state index is 10.7. The van der Waals surface area contributed by atoms with Gasteiger partial charge in [-0.1, -0.05) is 23.7 Å². The normalized spacial score (nSPS) is 13.6. The summed E-state index contributed by atoms with van der Waals surface area (Å²) in [7, 11) is -4.39. The molecule has 0 aromatic heterocycles. The number of hydrogen-bond donors (Lipinski definition) is 1. The first-order chi connectivity index (χ1) is 6.45. The highest BCUT2D eigenvalue weighted by atomic mass is 35.5. The highest BCUT2D eigenvalue weighted by Gasteiger charge is 2.23. The summed E-state index contributed by atoms with van der Waals surface area (Å²) in [5.74, 6) is 0. The smallest absolute Gasteiger partial charge is 0.278 e. The van der Waals surface area contributed by atoms with Gasteiger partial charge in [-0.15, -0.1) is 0 Å². The van der Waals surface area contributed by atoms with Crippen LogP contribution in [0, 0.1) is 0 Å². The van der Waals surface area contributed by atoms with Crippen LogP contribution in [-0.4, -0.2) is 19.3 Å². The van der Waals surface area contributed by atoms with Gasteiger partial charge in [0.05, 0.1) is 0 Å². The van der Waals surface area contributed by atoms with Crippen molar-refractivity contribution in [2.24, 2.45) is 0 Å². The van der Waals surface area contributed by atoms with E-state index in [1.807, 2.05) is 0 Å². The molecule has 1 aromatic rings. The van der Waals surface area contributed by atoms with E-state index in [2.05, 4.69) is 0 Å². The Labute approximate surface area is 86.3 Å². The van der Waals surface area contributed by atoms with Crippen LogP contribution in [0.2, 0.25) is 5.02 Å². The highest BCUT2D eigenvalue weighted by molar-refractivity contribution is 7.86. The molecule has 0 aliphatic heterocycles. The summed E-state index contributed by atoms with van der Waals surface area (Å²) < 4.78 is 30.2. The van der Waals surface area contributed by atoms with Crippen molar-refractivity contribution in [1.29, 1.82) is 0 Å². The van der Waals surface area contributed by atoms with E-state index in [-0.39, 0.29) is 11.8 Å². The minimum Gasteiger partial charge on any atom is -0.301 e. The third-order valence-corrected chi connectivity index (χ3v) is 2.92. The van der Waals surface area contributed by atoms with E-state index in [0.717, 1.165) is 0 Å². The molecule has 76 valence electrons. The molecule has 0 spiro atoms. The van der Waals surface area contributed by atoms with Crippen molar-refractivity contribution < 1.29 is 17.8 Å². The molecule has 0 aliphatic rings. The number of hydrogen-bond acceptors (Lipinski definition) is 3. The Balaban J connectivity index is 3.15. The van der Waals surface area contributed by atoms with Crippen LogP contribution in [0.25, 0.3) is 0 Å². The maximum Gasteiger partial charge on any atom is 0.278 e. The zero-order valence-corrected chi connectivity index (χ0v) is 8.49. The van der Waals surface area contributed by atoms with Gasteiger partial charge in [0.2, 0.25) is 0 Å². The Morgan fingerprint density at radius 2 is 1.79 bits per heavy atom. The summed E-state index contributed by atoms with van der Waals surface area (Å²) in [5.41, 5.74) is 0.187. The van der Waals surface area contributed by atoms with Crippen LogP contribution < -0.4 is 0 Å². The standard InChI is InChI=1S/C8H7ClO4S/c9-7-3-1-6(2-4-7)8(5-10)14(11,12)13/h1-5,8H,(H,11,12,13). The number of rotatable bonds is 3. The SMILES string of the molecule is O=CC(c1ccc(Cl)cc1)S(=O)(=O)O. The molecule has 0 saturated carbocycles. The summed E-state index contributed by atoms with van der Waals surface area (Å²) in [6.07, 6.45) is 0.165. The molecule has 14 heavy (non-hydrogen) atoms. The van der Waals surface area contributed by atoms with Crippen LogP contribution in [0.3, 0.4) is 0 Å². The number of aldehydes is 1. The van der Waals surface area contributed by atoms with Gasteiger partial charge in [-0.05, 0) is 17.7 Å². The lowest BCUT2D eigenvalue weighted by Gasteiger charge is -2.06. The Hall–Kier alpha value is -0.910. The average Bonchev–Trinajstić information content (AvgIpc) is 2.07. The van der Waals surface area contributed by atoms with Crippen molar-refractivity contribution in [3.63, 3.8) is 0 Å². The van der Waals surface area contributed by atoms with Gasteiger partial charge < -0.3 is 4.79 Å². The molecule has 1 unspecified atom stereocenters. The van der Waals surface area contributed by atoms with E-state index in [4.69, 9.17) is 16.2 Å². The average molecular weight is 235 g/mol. The number of carbonyl (C=O) groups is 1. The van der Waals surface area contributed by atoms with Gasteiger partial charge in [0.25, 0.3) is 10.1 Å². The number of halogens is 1. The van der Waals surface area contributed by atoms with Crippen molar-refractivity contribution in [3.05, 3.63) is 34.9 Å². The van der Waals surface area contributed by atoms with E-state index >= 15 is 0 Å². The third kappa shape index (κ3) is 2.54. The lowest BCUT2D eigenvalue weighted by Crippen LogP contribution is -2.13. The van der Waals surface area contributed by atoms with Crippen molar-refractivity contribution in [2.75, 3.05) is 0 Å². The van der Waals surface area contributed by atoms with Crippen molar-refractivity contribution in [2.45, 2.75) is 5.25 Å². The molecule has 0 radical (unpaired) electrons. The van der Waals surface area contributed by atoms with Gasteiger partial charge in [-0.3, -0.25) is 4.55 Å². The molecular weight excluding hydrogens is 228 g/mol. The summed E-state index contributed by atoms with van der Waals surface area (Å²) >= 11 is 5.57. The quantitative estimate of drug-likeness (QED) is 0.635. The molecule has 0 aliphatic carbocycles. The fourth-order valence-electron chi connectivity index (χ4n) is 0.973. The second-order valence-electron chi connectivity index (χ2n) is 2.62. The van der Waals surface area contributed by atoms with E-state index < -0.39 is 15.4 Å². The largest absolute Gasteiger partial charge is 0.301 e. The highest BCUT2D eigenvalue weighted by Crippen LogP contribution is 2.20. The van der Waals surface area contributed by atoms with Gasteiger partial charge in [-0.25, -0.2) is 0 Å². The van der Waals surface area contributed by atoms with Crippen molar-refractivity contribution in [1.82, 2.24) is 0 Å². The van der Waals surface area contributed by atoms with E-state index in [1.54, 1.807) is 0 Å². The van der Waals surface area contributed by atoms with Crippen LogP contribution in [0.4, 0.5) is 0 Å². The first-order valence-corrected chi connectivity index (χ1v) is 5.50. The number of benzene rings is 1. The van der Waals surface area contributed by atoms with E-state index in [0.29, 0.717) is 5.02 Å². The Kier molecular flexibility index (Phi) is 3.25. The predicted octanol–water partition coefficient (Wildman–Crippen LogP) is 1.47. The summed E-state index contributed by atoms with van der Waals surface area (Å²) in [6.45, 7) is 0. The molecule has 0 amide bonds. The molecule has 6 heteroatoms. The minimum atomic E-state index is -4.39. The Morgan fingerprint density at radius 1 is 1.29 bits per heavy atom. The van der Waals surface area contributed by atoms with Crippen molar-refractivity contribution >= 4 is 28.0 Å². The fraction of sp³-hybridized carbons (Fsp3) is 0.125. The molecule has 1 atom stereocenters. The Bertz CT molecular complexity index is 423. The molecule has 0 fully saturated rings. The topological polar surface area (TPSA) is 71.4 Å². The third-order valence-electron chi connectivity index (χ3n) is 1.64. The van der Waals surface area contributed by atoms with Gasteiger partial charge >= 0.3 is 0 Å². The molecule has 0 bridgehead atoms. The molecule has 1 N–H and O–H groups in total. The fourth-order valence-corrected chi connectivity index (χ4v) is 1.74. The summed E-state index contributed by atoms with van der Waals surface area (Å²) in [5, 5.41) is -1.12. The first kappa shape index (κ1) is 11.2. The summed E-state index contributed by atoms with van der Waals surface area (Å²) in [4.78, 5) is 10.5. The first-order valence-electron chi connectivity index (χ1n) is 3.62. The van der Waals surface area contributed by atoms with Crippen LogP contribution in [-0.2, 0) is 14.9 Å². The van der Waals surface area contributed by atoms with Crippen LogP contribution in [0.1, 0.15) is 10.8 Å². The van der Waals surface area contributed by atoms with Gasteiger partial charge in [0.15, 0.2) is 5.25 Å². The van der Waals surface area contributed by atoms with E-state index in [1.165, 1.54) is 24.3 Å². The molecule has 0 saturated heterocycles. The Morgan fingerprint density at radius 3 is 2.14 bits per heavy atom. The number of carbonyl (C=O) groups excluding carboxylic acids is 1. The summed E-state index contributed by atoms with van der Waals surface area (Å²) in [6, 6.07) is 5.63. The molecule has 1 rings (SSSR count). The molecule has 4 nitrogen and oxygen atoms in total. The second-order valence-corrected chi connectivity index (χ2v) is 4.60. The monoisotopic (exact) mass is 234 g/mol.